The Morgan fingerprint density at radius 1 is 0.880 bits per heavy atom. The zero-order valence-corrected chi connectivity index (χ0v) is 30.2. The number of fused-ring (bicyclic) bond motifs is 2. The third-order valence-corrected chi connectivity index (χ3v) is 11.4. The molecule has 3 aliphatic rings. The van der Waals surface area contributed by atoms with E-state index in [0.717, 1.165) is 11.4 Å². The SMILES string of the molecule is CCOC(=O)C1(C(=O)O)CC(/C=C/C2=Nc3ccc(S(=O)(=O)O)cc3C2(C)C)=CC(=C/C=C2/N(CC)c3ccc(S(=O)(=O)O)cc3C2(C)C)/C1. The summed E-state index contributed by atoms with van der Waals surface area (Å²) >= 11 is 0. The van der Waals surface area contributed by atoms with E-state index in [1.807, 2.05) is 51.7 Å². The number of carboxylic acid groups (broad SMARTS) is 1. The van der Waals surface area contributed by atoms with Crippen LogP contribution in [0.1, 0.15) is 65.5 Å². The van der Waals surface area contributed by atoms with E-state index < -0.39 is 48.4 Å². The highest BCUT2D eigenvalue weighted by atomic mass is 32.2. The number of allylic oxidation sites excluding steroid dienone is 8. The van der Waals surface area contributed by atoms with Gasteiger partial charge in [0, 0.05) is 28.8 Å². The van der Waals surface area contributed by atoms with Gasteiger partial charge in [0.15, 0.2) is 5.41 Å². The Bertz CT molecular complexity index is 2170. The number of carbonyl (C=O) groups excluding carboxylic acids is 1. The van der Waals surface area contributed by atoms with Crippen molar-refractivity contribution in [1.29, 1.82) is 0 Å². The van der Waals surface area contributed by atoms with Crippen molar-refractivity contribution in [2.24, 2.45) is 10.4 Å². The summed E-state index contributed by atoms with van der Waals surface area (Å²) in [5.74, 6) is -2.20. The lowest BCUT2D eigenvalue weighted by atomic mass is 9.71. The van der Waals surface area contributed by atoms with E-state index in [1.54, 1.807) is 31.2 Å². The molecular weight excluding hydrogens is 685 g/mol. The average molecular weight is 725 g/mol. The van der Waals surface area contributed by atoms with E-state index in [1.165, 1.54) is 30.3 Å². The first kappa shape index (κ1) is 36.9. The molecule has 2 heterocycles. The predicted octanol–water partition coefficient (Wildman–Crippen LogP) is 6.08. The van der Waals surface area contributed by atoms with Gasteiger partial charge in [0.25, 0.3) is 20.2 Å². The molecule has 50 heavy (non-hydrogen) atoms. The fraction of sp³-hybridized carbons (Fsp3) is 0.361. The van der Waals surface area contributed by atoms with Crippen molar-refractivity contribution in [3.05, 3.63) is 94.7 Å². The molecule has 1 aliphatic carbocycles. The molecule has 0 amide bonds. The quantitative estimate of drug-likeness (QED) is 0.154. The minimum atomic E-state index is -4.44. The Labute approximate surface area is 292 Å². The molecule has 2 aromatic carbocycles. The highest BCUT2D eigenvalue weighted by molar-refractivity contribution is 7.86. The van der Waals surface area contributed by atoms with Crippen LogP contribution in [-0.2, 0) is 45.4 Å². The van der Waals surface area contributed by atoms with Crippen molar-refractivity contribution in [2.75, 3.05) is 18.1 Å². The summed E-state index contributed by atoms with van der Waals surface area (Å²) < 4.78 is 71.9. The van der Waals surface area contributed by atoms with Crippen LogP contribution in [0.3, 0.4) is 0 Å². The van der Waals surface area contributed by atoms with Crippen LogP contribution in [0.25, 0.3) is 0 Å². The third kappa shape index (κ3) is 6.48. The molecule has 0 saturated carbocycles. The van der Waals surface area contributed by atoms with Gasteiger partial charge in [-0.05, 0) is 97.5 Å². The van der Waals surface area contributed by atoms with E-state index in [-0.39, 0.29) is 29.2 Å². The van der Waals surface area contributed by atoms with E-state index in [0.29, 0.717) is 40.2 Å². The molecule has 5 rings (SSSR count). The van der Waals surface area contributed by atoms with Gasteiger partial charge in [-0.15, -0.1) is 0 Å². The molecule has 266 valence electrons. The molecule has 2 aliphatic heterocycles. The zero-order valence-electron chi connectivity index (χ0n) is 28.6. The second kappa shape index (κ2) is 12.7. The van der Waals surface area contributed by atoms with E-state index in [4.69, 9.17) is 4.74 Å². The number of nitrogens with zero attached hydrogens (tertiary/aromatic N) is 2. The van der Waals surface area contributed by atoms with Crippen LogP contribution in [0.15, 0.2) is 98.4 Å². The van der Waals surface area contributed by atoms with Crippen molar-refractivity contribution in [2.45, 2.75) is 75.0 Å². The molecule has 0 radical (unpaired) electrons. The number of hydrogen-bond acceptors (Lipinski definition) is 9. The first-order valence-corrected chi connectivity index (χ1v) is 18.9. The number of ether oxygens (including phenoxy) is 1. The summed E-state index contributed by atoms with van der Waals surface area (Å²) in [6, 6.07) is 8.61. The minimum Gasteiger partial charge on any atom is -0.480 e. The number of likely N-dealkylation sites (N-methyl/N-ethyl adjacent to an activating group) is 1. The van der Waals surface area contributed by atoms with Gasteiger partial charge in [-0.1, -0.05) is 45.9 Å². The van der Waals surface area contributed by atoms with Crippen LogP contribution in [0.5, 0.6) is 0 Å². The second-order valence-electron chi connectivity index (χ2n) is 13.6. The normalized spacial score (nSPS) is 22.8. The highest BCUT2D eigenvalue weighted by Crippen LogP contribution is 2.49. The molecule has 1 unspecified atom stereocenters. The number of esters is 1. The van der Waals surface area contributed by atoms with Crippen LogP contribution >= 0.6 is 0 Å². The van der Waals surface area contributed by atoms with Crippen LogP contribution in [0.4, 0.5) is 11.4 Å². The molecule has 0 fully saturated rings. The molecule has 0 aromatic heterocycles. The maximum atomic E-state index is 13.3. The Hall–Kier alpha value is -4.37. The molecular formula is C36H40N2O10S2. The van der Waals surface area contributed by atoms with Crippen molar-refractivity contribution >= 4 is 49.3 Å². The number of carbonyl (C=O) groups is 2. The van der Waals surface area contributed by atoms with Gasteiger partial charge in [-0.25, -0.2) is 0 Å². The Balaban J connectivity index is 1.58. The maximum absolute atomic E-state index is 13.3. The third-order valence-electron chi connectivity index (χ3n) is 9.67. The smallest absolute Gasteiger partial charge is 0.324 e. The second-order valence-corrected chi connectivity index (χ2v) is 16.4. The standard InChI is InChI=1S/C36H40N2O10S2/c1-7-38-29-14-12-25(50(45,46)47)19-27(29)35(5,6)31(38)16-10-23-17-22(20-36(21-23,32(39)40)33(41)48-8-2)9-15-30-34(3,4)26-18-24(49(42,43)44)11-13-28(26)37-30/h9-19H,7-8,20-21H2,1-6H3,(H,39,40)(H,42,43,44)(H,45,46,47)/b15-9+,23-10-,31-16+. The molecule has 1 atom stereocenters. The summed E-state index contributed by atoms with van der Waals surface area (Å²) in [5, 5.41) is 10.5. The fourth-order valence-corrected chi connectivity index (χ4v) is 7.93. The molecule has 14 heteroatoms. The van der Waals surface area contributed by atoms with Gasteiger partial charge in [-0.2, -0.15) is 16.8 Å². The van der Waals surface area contributed by atoms with Gasteiger partial charge in [-0.3, -0.25) is 23.7 Å². The monoisotopic (exact) mass is 724 g/mol. The lowest BCUT2D eigenvalue weighted by molar-refractivity contribution is -0.168. The first-order valence-electron chi connectivity index (χ1n) is 16.0. The highest BCUT2D eigenvalue weighted by Gasteiger charge is 2.50. The number of anilines is 1. The molecule has 12 nitrogen and oxygen atoms in total. The molecule has 3 N–H and O–H groups in total. The number of aliphatic carboxylic acids is 1. The fourth-order valence-electron chi connectivity index (χ4n) is 6.92. The number of benzene rings is 2. The number of hydrogen-bond donors (Lipinski definition) is 3. The summed E-state index contributed by atoms with van der Waals surface area (Å²) in [5.41, 5.74) is 1.61. The summed E-state index contributed by atoms with van der Waals surface area (Å²) in [4.78, 5) is 32.4. The Morgan fingerprint density at radius 3 is 2.08 bits per heavy atom. The Morgan fingerprint density at radius 2 is 1.50 bits per heavy atom. The maximum Gasteiger partial charge on any atom is 0.324 e. The molecule has 0 bridgehead atoms. The van der Waals surface area contributed by atoms with Gasteiger partial charge < -0.3 is 14.7 Å². The van der Waals surface area contributed by atoms with Gasteiger partial charge in [0.05, 0.1) is 27.8 Å². The first-order chi connectivity index (χ1) is 23.2. The largest absolute Gasteiger partial charge is 0.480 e. The average Bonchev–Trinajstić information content (AvgIpc) is 3.41. The van der Waals surface area contributed by atoms with E-state index >= 15 is 0 Å². The van der Waals surface area contributed by atoms with Crippen molar-refractivity contribution in [3.63, 3.8) is 0 Å². The summed E-state index contributed by atoms with van der Waals surface area (Å²) in [6.07, 6.45) is 8.49. The van der Waals surface area contributed by atoms with E-state index in [2.05, 4.69) is 4.99 Å². The van der Waals surface area contributed by atoms with Gasteiger partial charge in [0.1, 0.15) is 0 Å². The Kier molecular flexibility index (Phi) is 9.41. The molecule has 0 saturated heterocycles. The topological polar surface area (TPSA) is 188 Å². The number of carboxylic acids is 1. The van der Waals surface area contributed by atoms with Crippen molar-refractivity contribution in [1.82, 2.24) is 0 Å². The van der Waals surface area contributed by atoms with Crippen LogP contribution < -0.4 is 4.90 Å². The minimum absolute atomic E-state index is 0.00981. The van der Waals surface area contributed by atoms with Crippen LogP contribution in [-0.4, -0.2) is 61.8 Å². The van der Waals surface area contributed by atoms with E-state index in [9.17, 15) is 40.6 Å². The lowest BCUT2D eigenvalue weighted by Gasteiger charge is -2.32. The number of rotatable bonds is 9. The lowest BCUT2D eigenvalue weighted by Crippen LogP contribution is -2.42. The number of aliphatic imine (C=N–C) groups is 1. The molecule has 0 spiro atoms. The molecule has 2 aromatic rings. The van der Waals surface area contributed by atoms with Crippen molar-refractivity contribution < 1.29 is 45.4 Å². The zero-order chi connectivity index (χ0) is 37.0. The summed E-state index contributed by atoms with van der Waals surface area (Å²) in [7, 11) is -8.87. The predicted molar refractivity (Wildman–Crippen MR) is 188 cm³/mol. The van der Waals surface area contributed by atoms with Gasteiger partial charge >= 0.3 is 11.9 Å². The van der Waals surface area contributed by atoms with Gasteiger partial charge in [0.2, 0.25) is 0 Å². The van der Waals surface area contributed by atoms with Crippen molar-refractivity contribution in [3.8, 4) is 0 Å². The van der Waals surface area contributed by atoms with Crippen LogP contribution in [0, 0.1) is 5.41 Å². The summed E-state index contributed by atoms with van der Waals surface area (Å²) in [6.45, 7) is 11.6. The van der Waals surface area contributed by atoms with Crippen LogP contribution in [0.2, 0.25) is 0 Å².